The summed E-state index contributed by atoms with van der Waals surface area (Å²) in [5.41, 5.74) is 0.0587. The molecule has 0 aromatic rings. The average molecular weight is 502 g/mol. The Morgan fingerprint density at radius 1 is 1.03 bits per heavy atom. The smallest absolute Gasteiger partial charge is 0.293 e. The molecule has 0 saturated heterocycles. The van der Waals surface area contributed by atoms with E-state index in [1.807, 2.05) is 0 Å². The van der Waals surface area contributed by atoms with Crippen LogP contribution in [0.2, 0.25) is 0 Å². The molecule has 4 saturated carbocycles. The highest BCUT2D eigenvalue weighted by Crippen LogP contribution is 2.70. The van der Waals surface area contributed by atoms with Crippen LogP contribution in [-0.4, -0.2) is 43.2 Å². The first-order valence-electron chi connectivity index (χ1n) is 14.5. The largest absolute Gasteiger partial charge is 0.478 e. The van der Waals surface area contributed by atoms with E-state index >= 15 is 0 Å². The summed E-state index contributed by atoms with van der Waals surface area (Å²) >= 11 is 0. The topological polar surface area (TPSA) is 74.2 Å². The minimum Gasteiger partial charge on any atom is -0.478 e. The van der Waals surface area contributed by atoms with Crippen molar-refractivity contribution in [3.05, 3.63) is 0 Å². The van der Waals surface area contributed by atoms with Crippen molar-refractivity contribution >= 4 is 18.8 Å². The molecule has 5 aliphatic rings. The number of nitrogens with zero attached hydrogens (tertiary/aromatic N) is 1. The van der Waals surface area contributed by atoms with Gasteiger partial charge in [-0.05, 0) is 99.2 Å². The molecule has 11 atom stereocenters. The van der Waals surface area contributed by atoms with Gasteiger partial charge in [0, 0.05) is 11.8 Å². The van der Waals surface area contributed by atoms with Crippen LogP contribution in [0.25, 0.3) is 0 Å². The lowest BCUT2D eigenvalue weighted by molar-refractivity contribution is -0.199. The van der Waals surface area contributed by atoms with Gasteiger partial charge < -0.3 is 14.2 Å². The van der Waals surface area contributed by atoms with Gasteiger partial charge in [-0.15, -0.1) is 0 Å². The van der Waals surface area contributed by atoms with Gasteiger partial charge in [0.15, 0.2) is 5.90 Å². The molecule has 6 nitrogen and oxygen atoms in total. The summed E-state index contributed by atoms with van der Waals surface area (Å²) in [7, 11) is 0. The van der Waals surface area contributed by atoms with E-state index in [9.17, 15) is 9.59 Å². The Hall–Kier alpha value is -1.59. The van der Waals surface area contributed by atoms with Crippen LogP contribution in [0.3, 0.4) is 0 Å². The van der Waals surface area contributed by atoms with Crippen molar-refractivity contribution in [1.82, 2.24) is 0 Å². The van der Waals surface area contributed by atoms with Gasteiger partial charge in [0.05, 0.1) is 5.54 Å². The molecule has 0 bridgehead atoms. The Balaban J connectivity index is 1.55. The van der Waals surface area contributed by atoms with Gasteiger partial charge in [-0.25, -0.2) is 4.99 Å². The standard InChI is InChI=1S/C30H47NO5/c1-7-18(2)21-8-9-22-26-23(10-11-29(21,22)5)30(6)19(13-25(26)36-17-33)12-20(35-16-32)14-24(30)27-31-28(3,4)15-34-27/h16-26H,7-15H2,1-6H3/t18-,19+,20+,21-,22+,23+,24?,25-,26+,29-,30+/m1/s1. The van der Waals surface area contributed by atoms with Crippen molar-refractivity contribution in [3.8, 4) is 0 Å². The molecule has 1 heterocycles. The highest BCUT2D eigenvalue weighted by Gasteiger charge is 2.66. The molecule has 5 rings (SSSR count). The molecule has 1 unspecified atom stereocenters. The number of carbonyl (C=O) groups is 2. The molecule has 0 aromatic carbocycles. The lowest BCUT2D eigenvalue weighted by atomic mass is 9.41. The molecule has 0 spiro atoms. The zero-order valence-corrected chi connectivity index (χ0v) is 23.2. The van der Waals surface area contributed by atoms with Crippen molar-refractivity contribution in [3.63, 3.8) is 0 Å². The maximum Gasteiger partial charge on any atom is 0.293 e. The van der Waals surface area contributed by atoms with Gasteiger partial charge in [-0.1, -0.05) is 34.1 Å². The highest BCUT2D eigenvalue weighted by molar-refractivity contribution is 5.82. The first-order valence-corrected chi connectivity index (χ1v) is 14.5. The molecular formula is C30H47NO5. The third kappa shape index (κ3) is 3.91. The fourth-order valence-corrected chi connectivity index (χ4v) is 10.1. The van der Waals surface area contributed by atoms with Crippen LogP contribution in [0.4, 0.5) is 0 Å². The van der Waals surface area contributed by atoms with E-state index in [2.05, 4.69) is 41.5 Å². The highest BCUT2D eigenvalue weighted by atomic mass is 16.5. The zero-order chi connectivity index (χ0) is 25.9. The molecule has 36 heavy (non-hydrogen) atoms. The molecule has 0 radical (unpaired) electrons. The van der Waals surface area contributed by atoms with Crippen LogP contribution in [0.5, 0.6) is 0 Å². The fourth-order valence-electron chi connectivity index (χ4n) is 10.1. The van der Waals surface area contributed by atoms with Crippen molar-refractivity contribution < 1.29 is 23.8 Å². The number of carbonyl (C=O) groups excluding carboxylic acids is 2. The number of aliphatic imine (C=N–C) groups is 1. The quantitative estimate of drug-likeness (QED) is 0.411. The van der Waals surface area contributed by atoms with Gasteiger partial charge in [-0.2, -0.15) is 0 Å². The van der Waals surface area contributed by atoms with E-state index in [-0.39, 0.29) is 29.1 Å². The van der Waals surface area contributed by atoms with Crippen molar-refractivity contribution in [2.24, 2.45) is 57.2 Å². The van der Waals surface area contributed by atoms with Crippen molar-refractivity contribution in [2.75, 3.05) is 6.61 Å². The Morgan fingerprint density at radius 2 is 1.78 bits per heavy atom. The van der Waals surface area contributed by atoms with Crippen molar-refractivity contribution in [2.45, 2.75) is 111 Å². The molecule has 0 N–H and O–H groups in total. The van der Waals surface area contributed by atoms with Crippen LogP contribution in [0, 0.1) is 52.3 Å². The van der Waals surface area contributed by atoms with Gasteiger partial charge >= 0.3 is 0 Å². The number of fused-ring (bicyclic) bond motifs is 5. The second kappa shape index (κ2) is 9.31. The molecule has 6 heteroatoms. The molecular weight excluding hydrogens is 454 g/mol. The molecule has 0 aromatic heterocycles. The average Bonchev–Trinajstić information content (AvgIpc) is 3.38. The number of ether oxygens (including phenoxy) is 3. The summed E-state index contributed by atoms with van der Waals surface area (Å²) in [6, 6.07) is 0. The van der Waals surface area contributed by atoms with Crippen molar-refractivity contribution in [1.29, 1.82) is 0 Å². The van der Waals surface area contributed by atoms with Gasteiger partial charge in [0.25, 0.3) is 12.9 Å². The van der Waals surface area contributed by atoms with Gasteiger partial charge in [0.1, 0.15) is 18.8 Å². The Bertz CT molecular complexity index is 887. The van der Waals surface area contributed by atoms with E-state index in [1.165, 1.54) is 25.7 Å². The van der Waals surface area contributed by atoms with Crippen LogP contribution < -0.4 is 0 Å². The van der Waals surface area contributed by atoms with Crippen LogP contribution >= 0.6 is 0 Å². The first-order chi connectivity index (χ1) is 17.1. The summed E-state index contributed by atoms with van der Waals surface area (Å²) in [4.78, 5) is 28.2. The Kier molecular flexibility index (Phi) is 6.73. The van der Waals surface area contributed by atoms with Gasteiger partial charge in [-0.3, -0.25) is 9.59 Å². The summed E-state index contributed by atoms with van der Waals surface area (Å²) in [5.74, 6) is 4.11. The van der Waals surface area contributed by atoms with E-state index in [0.717, 1.165) is 43.4 Å². The third-order valence-corrected chi connectivity index (χ3v) is 11.9. The normalized spacial score (nSPS) is 47.9. The van der Waals surface area contributed by atoms with Gasteiger partial charge in [0.2, 0.25) is 0 Å². The van der Waals surface area contributed by atoms with E-state index in [4.69, 9.17) is 19.2 Å². The van der Waals surface area contributed by atoms with E-state index in [0.29, 0.717) is 48.6 Å². The summed E-state index contributed by atoms with van der Waals surface area (Å²) in [6.07, 6.45) is 8.35. The maximum atomic E-state index is 11.8. The molecule has 4 fully saturated rings. The second-order valence-electron chi connectivity index (χ2n) is 13.9. The fraction of sp³-hybridized carbons (Fsp3) is 0.900. The SMILES string of the molecule is CC[C@@H](C)[C@H]1CC[C@H]2[C@@H]3[C@H](OC=O)C[C@@H]4C[C@H](OC=O)CC(C5=NC(C)(C)CO5)[C@]4(C)[C@H]3CC[C@]12C. The molecule has 4 aliphatic carbocycles. The van der Waals surface area contributed by atoms with E-state index in [1.54, 1.807) is 0 Å². The minimum absolute atomic E-state index is 0.0226. The van der Waals surface area contributed by atoms with Crippen LogP contribution in [0.15, 0.2) is 4.99 Å². The lowest BCUT2D eigenvalue weighted by Crippen LogP contribution is -2.63. The monoisotopic (exact) mass is 501 g/mol. The van der Waals surface area contributed by atoms with Crippen LogP contribution in [-0.2, 0) is 23.8 Å². The molecule has 0 amide bonds. The maximum absolute atomic E-state index is 11.8. The number of hydrogen-bond acceptors (Lipinski definition) is 6. The summed E-state index contributed by atoms with van der Waals surface area (Å²) < 4.78 is 17.8. The number of hydrogen-bond donors (Lipinski definition) is 0. The number of rotatable bonds is 7. The predicted octanol–water partition coefficient (Wildman–Crippen LogP) is 5.82. The third-order valence-electron chi connectivity index (χ3n) is 11.9. The van der Waals surface area contributed by atoms with Crippen LogP contribution in [0.1, 0.15) is 92.9 Å². The van der Waals surface area contributed by atoms with E-state index < -0.39 is 0 Å². The Morgan fingerprint density at radius 3 is 2.42 bits per heavy atom. The molecule has 202 valence electrons. The first kappa shape index (κ1) is 26.0. The zero-order valence-electron chi connectivity index (χ0n) is 23.2. The Labute approximate surface area is 217 Å². The lowest BCUT2D eigenvalue weighted by Gasteiger charge is -2.64. The molecule has 1 aliphatic heterocycles. The summed E-state index contributed by atoms with van der Waals surface area (Å²) in [6.45, 7) is 15.9. The second-order valence-corrected chi connectivity index (χ2v) is 13.9. The predicted molar refractivity (Wildman–Crippen MR) is 138 cm³/mol. The summed E-state index contributed by atoms with van der Waals surface area (Å²) in [5, 5.41) is 0. The minimum atomic E-state index is -0.225.